The lowest BCUT2D eigenvalue weighted by Gasteiger charge is -2.04. The highest BCUT2D eigenvalue weighted by molar-refractivity contribution is 5.20. The first kappa shape index (κ1) is 11.5. The lowest BCUT2D eigenvalue weighted by molar-refractivity contribution is 0.299. The summed E-state index contributed by atoms with van der Waals surface area (Å²) in [4.78, 5) is 4.26. The van der Waals surface area contributed by atoms with E-state index in [1.165, 1.54) is 0 Å². The highest BCUT2D eigenvalue weighted by atomic mass is 16.5. The van der Waals surface area contributed by atoms with Gasteiger partial charge in [0.25, 0.3) is 0 Å². The van der Waals surface area contributed by atoms with Crippen LogP contribution in [0.4, 0.5) is 0 Å². The Labute approximate surface area is 99.6 Å². The van der Waals surface area contributed by atoms with Crippen molar-refractivity contribution in [2.45, 2.75) is 13.2 Å². The van der Waals surface area contributed by atoms with Gasteiger partial charge in [0.2, 0.25) is 0 Å². The molecule has 2 rings (SSSR count). The third-order valence-electron chi connectivity index (χ3n) is 2.19. The van der Waals surface area contributed by atoms with E-state index in [-0.39, 0.29) is 0 Å². The van der Waals surface area contributed by atoms with Crippen molar-refractivity contribution in [3.63, 3.8) is 0 Å². The number of ether oxygens (including phenoxy) is 1. The summed E-state index contributed by atoms with van der Waals surface area (Å²) < 4.78 is 7.19. The molecule has 2 aromatic heterocycles. The Bertz CT molecular complexity index is 465. The second-order valence-electron chi connectivity index (χ2n) is 3.69. The SMILES string of the molecule is CNCc1ccc(OCc2cn(C)nn2)cn1. The second-order valence-corrected chi connectivity index (χ2v) is 3.69. The predicted octanol–water partition coefficient (Wildman–Crippen LogP) is 0.508. The van der Waals surface area contributed by atoms with Crippen LogP contribution in [0.1, 0.15) is 11.4 Å². The number of nitrogens with zero attached hydrogens (tertiary/aromatic N) is 4. The number of rotatable bonds is 5. The fraction of sp³-hybridized carbons (Fsp3) is 0.364. The van der Waals surface area contributed by atoms with Crippen LogP contribution < -0.4 is 10.1 Å². The molecule has 6 heteroatoms. The predicted molar refractivity (Wildman–Crippen MR) is 62.3 cm³/mol. The van der Waals surface area contributed by atoms with E-state index in [9.17, 15) is 0 Å². The Kier molecular flexibility index (Phi) is 3.66. The molecule has 2 aromatic rings. The molecule has 0 saturated heterocycles. The number of hydrogen-bond donors (Lipinski definition) is 1. The smallest absolute Gasteiger partial charge is 0.138 e. The molecular formula is C11H15N5O. The van der Waals surface area contributed by atoms with E-state index >= 15 is 0 Å². The van der Waals surface area contributed by atoms with E-state index in [1.54, 1.807) is 10.9 Å². The van der Waals surface area contributed by atoms with Crippen molar-refractivity contribution in [3.05, 3.63) is 35.9 Å². The van der Waals surface area contributed by atoms with Gasteiger partial charge in [-0.25, -0.2) is 0 Å². The Morgan fingerprint density at radius 1 is 1.35 bits per heavy atom. The maximum Gasteiger partial charge on any atom is 0.138 e. The van der Waals surface area contributed by atoms with E-state index in [0.29, 0.717) is 6.61 Å². The van der Waals surface area contributed by atoms with Crippen molar-refractivity contribution < 1.29 is 4.74 Å². The molecule has 0 aromatic carbocycles. The van der Waals surface area contributed by atoms with Gasteiger partial charge in [-0.3, -0.25) is 9.67 Å². The molecule has 0 spiro atoms. The lowest BCUT2D eigenvalue weighted by Crippen LogP contribution is -2.06. The maximum absolute atomic E-state index is 5.54. The number of aromatic nitrogens is 4. The number of pyridine rings is 1. The minimum Gasteiger partial charge on any atom is -0.486 e. The summed E-state index contributed by atoms with van der Waals surface area (Å²) in [6.45, 7) is 1.16. The van der Waals surface area contributed by atoms with Crippen LogP contribution in [0.25, 0.3) is 0 Å². The summed E-state index contributed by atoms with van der Waals surface area (Å²) in [6.07, 6.45) is 3.53. The minimum absolute atomic E-state index is 0.404. The molecule has 6 nitrogen and oxygen atoms in total. The molecule has 0 aliphatic rings. The van der Waals surface area contributed by atoms with Crippen LogP contribution in [-0.4, -0.2) is 27.0 Å². The van der Waals surface area contributed by atoms with Crippen molar-refractivity contribution >= 4 is 0 Å². The van der Waals surface area contributed by atoms with Crippen molar-refractivity contribution in [1.82, 2.24) is 25.3 Å². The summed E-state index contributed by atoms with van der Waals surface area (Å²) >= 11 is 0. The van der Waals surface area contributed by atoms with Crippen LogP contribution in [0.3, 0.4) is 0 Å². The Hall–Kier alpha value is -1.95. The molecule has 90 valence electrons. The maximum atomic E-state index is 5.54. The zero-order valence-electron chi connectivity index (χ0n) is 9.92. The molecule has 0 amide bonds. The van der Waals surface area contributed by atoms with Crippen LogP contribution in [0, 0.1) is 0 Å². The van der Waals surface area contributed by atoms with Crippen molar-refractivity contribution in [2.75, 3.05) is 7.05 Å². The summed E-state index contributed by atoms with van der Waals surface area (Å²) in [5.74, 6) is 0.732. The highest BCUT2D eigenvalue weighted by Gasteiger charge is 2.00. The molecule has 2 heterocycles. The van der Waals surface area contributed by atoms with Crippen LogP contribution in [0.5, 0.6) is 5.75 Å². The average Bonchev–Trinajstić information content (AvgIpc) is 2.75. The summed E-state index contributed by atoms with van der Waals surface area (Å²) in [7, 11) is 3.71. The van der Waals surface area contributed by atoms with E-state index in [2.05, 4.69) is 20.6 Å². The Morgan fingerprint density at radius 3 is 2.82 bits per heavy atom. The van der Waals surface area contributed by atoms with Gasteiger partial charge < -0.3 is 10.1 Å². The molecule has 0 unspecified atom stereocenters. The zero-order valence-corrected chi connectivity index (χ0v) is 9.92. The number of aryl methyl sites for hydroxylation is 1. The third-order valence-corrected chi connectivity index (χ3v) is 2.19. The average molecular weight is 233 g/mol. The molecule has 0 bridgehead atoms. The van der Waals surface area contributed by atoms with Crippen LogP contribution in [0.15, 0.2) is 24.5 Å². The van der Waals surface area contributed by atoms with Gasteiger partial charge in [-0.2, -0.15) is 0 Å². The van der Waals surface area contributed by atoms with Gasteiger partial charge in [-0.15, -0.1) is 5.10 Å². The zero-order chi connectivity index (χ0) is 12.1. The van der Waals surface area contributed by atoms with Gasteiger partial charge in [0.15, 0.2) is 0 Å². The van der Waals surface area contributed by atoms with Crippen molar-refractivity contribution in [1.29, 1.82) is 0 Å². The Morgan fingerprint density at radius 2 is 2.24 bits per heavy atom. The third kappa shape index (κ3) is 3.25. The van der Waals surface area contributed by atoms with Crippen molar-refractivity contribution in [2.24, 2.45) is 7.05 Å². The van der Waals surface area contributed by atoms with E-state index < -0.39 is 0 Å². The van der Waals surface area contributed by atoms with Crippen LogP contribution in [0.2, 0.25) is 0 Å². The van der Waals surface area contributed by atoms with Gasteiger partial charge >= 0.3 is 0 Å². The van der Waals surface area contributed by atoms with Gasteiger partial charge in [0.1, 0.15) is 18.1 Å². The molecule has 0 aliphatic heterocycles. The summed E-state index contributed by atoms with van der Waals surface area (Å²) in [6, 6.07) is 3.83. The first-order valence-corrected chi connectivity index (χ1v) is 5.35. The highest BCUT2D eigenvalue weighted by Crippen LogP contribution is 2.10. The van der Waals surface area contributed by atoms with Gasteiger partial charge in [-0.1, -0.05) is 5.21 Å². The number of nitrogens with one attached hydrogen (secondary N) is 1. The second kappa shape index (κ2) is 5.40. The van der Waals surface area contributed by atoms with Gasteiger partial charge in [0, 0.05) is 13.6 Å². The fourth-order valence-electron chi connectivity index (χ4n) is 1.40. The van der Waals surface area contributed by atoms with Gasteiger partial charge in [-0.05, 0) is 19.2 Å². The molecule has 0 radical (unpaired) electrons. The largest absolute Gasteiger partial charge is 0.486 e. The Balaban J connectivity index is 1.90. The molecule has 0 aliphatic carbocycles. The van der Waals surface area contributed by atoms with E-state index in [1.807, 2.05) is 32.4 Å². The fourth-order valence-corrected chi connectivity index (χ4v) is 1.40. The minimum atomic E-state index is 0.404. The first-order chi connectivity index (χ1) is 8.28. The quantitative estimate of drug-likeness (QED) is 0.815. The first-order valence-electron chi connectivity index (χ1n) is 5.35. The molecule has 17 heavy (non-hydrogen) atoms. The molecule has 0 saturated carbocycles. The molecular weight excluding hydrogens is 218 g/mol. The van der Waals surface area contributed by atoms with Crippen molar-refractivity contribution in [3.8, 4) is 5.75 Å². The molecule has 1 N–H and O–H groups in total. The lowest BCUT2D eigenvalue weighted by atomic mass is 10.3. The topological polar surface area (TPSA) is 64.9 Å². The molecule has 0 atom stereocenters. The summed E-state index contributed by atoms with van der Waals surface area (Å²) in [5, 5.41) is 10.8. The van der Waals surface area contributed by atoms with Crippen LogP contribution >= 0.6 is 0 Å². The monoisotopic (exact) mass is 233 g/mol. The standard InChI is InChI=1S/C11H15N5O/c1-12-5-9-3-4-11(6-13-9)17-8-10-7-16(2)15-14-10/h3-4,6-7,12H,5,8H2,1-2H3. The van der Waals surface area contributed by atoms with E-state index in [4.69, 9.17) is 4.74 Å². The summed E-state index contributed by atoms with van der Waals surface area (Å²) in [5.41, 5.74) is 1.78. The van der Waals surface area contributed by atoms with Crippen LogP contribution in [-0.2, 0) is 20.2 Å². The van der Waals surface area contributed by atoms with E-state index in [0.717, 1.165) is 23.7 Å². The molecule has 0 fully saturated rings. The number of hydrogen-bond acceptors (Lipinski definition) is 5. The van der Waals surface area contributed by atoms with Gasteiger partial charge in [0.05, 0.1) is 18.1 Å². The normalized spacial score (nSPS) is 10.5.